The summed E-state index contributed by atoms with van der Waals surface area (Å²) < 4.78 is 14.0. The molecule has 0 unspecified atom stereocenters. The maximum Gasteiger partial charge on any atom is 0.244 e. The molecule has 2 heterocycles. The molecular weight excluding hydrogens is 381 g/mol. The van der Waals surface area contributed by atoms with Crippen molar-refractivity contribution in [2.45, 2.75) is 19.4 Å². The lowest BCUT2D eigenvalue weighted by Crippen LogP contribution is -2.47. The Morgan fingerprint density at radius 1 is 1.18 bits per heavy atom. The van der Waals surface area contributed by atoms with E-state index >= 15 is 0 Å². The van der Waals surface area contributed by atoms with Crippen molar-refractivity contribution in [2.24, 2.45) is 5.92 Å². The van der Waals surface area contributed by atoms with Crippen LogP contribution >= 0.6 is 11.6 Å². The number of amides is 2. The fraction of sp³-hybridized carbons (Fsp3) is 0.333. The second-order valence-corrected chi connectivity index (χ2v) is 7.71. The van der Waals surface area contributed by atoms with Gasteiger partial charge in [-0.25, -0.2) is 4.39 Å². The number of likely N-dealkylation sites (tertiary alicyclic amines) is 1. The minimum Gasteiger partial charge on any atom is -0.323 e. The number of anilines is 2. The van der Waals surface area contributed by atoms with Crippen LogP contribution in [0.15, 0.2) is 42.5 Å². The summed E-state index contributed by atoms with van der Waals surface area (Å²) in [6.45, 7) is 1.96. The third kappa shape index (κ3) is 3.88. The van der Waals surface area contributed by atoms with Crippen molar-refractivity contribution in [3.8, 4) is 0 Å². The third-order valence-corrected chi connectivity index (χ3v) is 5.62. The highest BCUT2D eigenvalue weighted by Gasteiger charge is 2.33. The predicted octanol–water partition coefficient (Wildman–Crippen LogP) is 3.68. The number of benzene rings is 2. The second kappa shape index (κ2) is 7.89. The molecule has 2 aromatic carbocycles. The SMILES string of the molecule is O=C1CN(C(=O)C2CCN(Cc3ccc(Cl)cc3F)CC2)c2ccccc2N1. The monoisotopic (exact) mass is 401 g/mol. The summed E-state index contributed by atoms with van der Waals surface area (Å²) in [5.74, 6) is -0.630. The molecule has 4 rings (SSSR count). The zero-order valence-corrected chi connectivity index (χ0v) is 16.1. The van der Waals surface area contributed by atoms with E-state index in [0.29, 0.717) is 48.7 Å². The van der Waals surface area contributed by atoms with E-state index in [0.717, 1.165) is 5.69 Å². The lowest BCUT2D eigenvalue weighted by Gasteiger charge is -2.36. The minimum atomic E-state index is -0.304. The summed E-state index contributed by atoms with van der Waals surface area (Å²) in [6, 6.07) is 12.1. The smallest absolute Gasteiger partial charge is 0.244 e. The summed E-state index contributed by atoms with van der Waals surface area (Å²) in [7, 11) is 0. The first-order valence-corrected chi connectivity index (χ1v) is 9.75. The molecule has 0 spiro atoms. The average Bonchev–Trinajstić information content (AvgIpc) is 2.69. The number of fused-ring (bicyclic) bond motifs is 1. The first-order valence-electron chi connectivity index (χ1n) is 9.38. The van der Waals surface area contributed by atoms with Crippen LogP contribution in [0.1, 0.15) is 18.4 Å². The normalized spacial score (nSPS) is 17.9. The van der Waals surface area contributed by atoms with Gasteiger partial charge in [0.2, 0.25) is 11.8 Å². The van der Waals surface area contributed by atoms with Gasteiger partial charge in [-0.15, -0.1) is 0 Å². The summed E-state index contributed by atoms with van der Waals surface area (Å²) >= 11 is 5.81. The molecule has 0 aromatic heterocycles. The van der Waals surface area contributed by atoms with E-state index in [4.69, 9.17) is 11.6 Å². The van der Waals surface area contributed by atoms with Crippen LogP contribution < -0.4 is 10.2 Å². The van der Waals surface area contributed by atoms with Crippen LogP contribution in [-0.4, -0.2) is 36.3 Å². The van der Waals surface area contributed by atoms with Crippen molar-refractivity contribution in [1.82, 2.24) is 4.90 Å². The molecule has 0 bridgehead atoms. The Morgan fingerprint density at radius 3 is 2.68 bits per heavy atom. The van der Waals surface area contributed by atoms with Crippen LogP contribution in [0.25, 0.3) is 0 Å². The maximum absolute atomic E-state index is 14.0. The molecule has 0 saturated carbocycles. The van der Waals surface area contributed by atoms with Crippen molar-refractivity contribution in [3.63, 3.8) is 0 Å². The zero-order chi connectivity index (χ0) is 19.7. The molecule has 1 saturated heterocycles. The molecule has 2 aliphatic heterocycles. The third-order valence-electron chi connectivity index (χ3n) is 5.38. The van der Waals surface area contributed by atoms with Crippen LogP contribution in [0.4, 0.5) is 15.8 Å². The van der Waals surface area contributed by atoms with E-state index in [1.807, 2.05) is 18.2 Å². The number of rotatable bonds is 3. The highest BCUT2D eigenvalue weighted by Crippen LogP contribution is 2.32. The molecule has 2 aromatic rings. The van der Waals surface area contributed by atoms with Gasteiger partial charge in [0.05, 0.1) is 11.4 Å². The first kappa shape index (κ1) is 18.9. The first-order chi connectivity index (χ1) is 13.5. The van der Waals surface area contributed by atoms with E-state index in [1.54, 1.807) is 23.1 Å². The molecule has 0 aliphatic carbocycles. The molecule has 2 amide bonds. The Hall–Kier alpha value is -2.44. The van der Waals surface area contributed by atoms with Crippen LogP contribution in [0.3, 0.4) is 0 Å². The standard InChI is InChI=1S/C21H21ClFN3O2/c22-16-6-5-15(17(23)11-16)12-25-9-7-14(8-10-25)21(28)26-13-20(27)24-18-3-1-2-4-19(18)26/h1-6,11,14H,7-10,12-13H2,(H,24,27). The number of hydrogen-bond acceptors (Lipinski definition) is 3. The maximum atomic E-state index is 14.0. The lowest BCUT2D eigenvalue weighted by atomic mass is 9.94. The Labute approximate surface area is 168 Å². The van der Waals surface area contributed by atoms with E-state index in [9.17, 15) is 14.0 Å². The fourth-order valence-corrected chi connectivity index (χ4v) is 4.04. The van der Waals surface area contributed by atoms with Crippen molar-refractivity contribution < 1.29 is 14.0 Å². The Kier molecular flexibility index (Phi) is 5.33. The van der Waals surface area contributed by atoms with Crippen LogP contribution in [0.2, 0.25) is 5.02 Å². The second-order valence-electron chi connectivity index (χ2n) is 7.28. The molecular formula is C21H21ClFN3O2. The largest absolute Gasteiger partial charge is 0.323 e. The van der Waals surface area contributed by atoms with Gasteiger partial charge in [-0.05, 0) is 50.2 Å². The van der Waals surface area contributed by atoms with Crippen molar-refractivity contribution in [3.05, 3.63) is 58.9 Å². The van der Waals surface area contributed by atoms with Gasteiger partial charge in [-0.2, -0.15) is 0 Å². The van der Waals surface area contributed by atoms with Crippen molar-refractivity contribution >= 4 is 34.8 Å². The topological polar surface area (TPSA) is 52.7 Å². The van der Waals surface area contributed by atoms with Crippen LogP contribution in [-0.2, 0) is 16.1 Å². The van der Waals surface area contributed by atoms with E-state index in [-0.39, 0.29) is 30.1 Å². The molecule has 28 heavy (non-hydrogen) atoms. The average molecular weight is 402 g/mol. The minimum absolute atomic E-state index is 0.0142. The molecule has 1 N–H and O–H groups in total. The molecule has 5 nitrogen and oxygen atoms in total. The van der Waals surface area contributed by atoms with Gasteiger partial charge in [0, 0.05) is 23.0 Å². The molecule has 2 aliphatic rings. The number of piperidine rings is 1. The quantitative estimate of drug-likeness (QED) is 0.853. The van der Waals surface area contributed by atoms with Gasteiger partial charge >= 0.3 is 0 Å². The molecule has 0 atom stereocenters. The number of hydrogen-bond donors (Lipinski definition) is 1. The number of nitrogens with one attached hydrogen (secondary N) is 1. The van der Waals surface area contributed by atoms with Gasteiger partial charge in [-0.3, -0.25) is 14.5 Å². The number of halogens is 2. The lowest BCUT2D eigenvalue weighted by molar-refractivity contribution is -0.125. The Balaban J connectivity index is 1.40. The van der Waals surface area contributed by atoms with Gasteiger partial charge in [0.1, 0.15) is 12.4 Å². The molecule has 0 radical (unpaired) electrons. The Bertz CT molecular complexity index is 912. The van der Waals surface area contributed by atoms with Gasteiger partial charge in [0.25, 0.3) is 0 Å². The highest BCUT2D eigenvalue weighted by molar-refractivity contribution is 6.30. The zero-order valence-electron chi connectivity index (χ0n) is 15.3. The van der Waals surface area contributed by atoms with E-state index in [1.165, 1.54) is 6.07 Å². The molecule has 146 valence electrons. The predicted molar refractivity (Wildman–Crippen MR) is 107 cm³/mol. The van der Waals surface area contributed by atoms with Gasteiger partial charge < -0.3 is 10.2 Å². The van der Waals surface area contributed by atoms with E-state index in [2.05, 4.69) is 10.2 Å². The summed E-state index contributed by atoms with van der Waals surface area (Å²) in [6.07, 6.45) is 1.38. The number of carbonyl (C=O) groups excluding carboxylic acids is 2. The number of nitrogens with zero attached hydrogens (tertiary/aromatic N) is 2. The van der Waals surface area contributed by atoms with Crippen molar-refractivity contribution in [1.29, 1.82) is 0 Å². The Morgan fingerprint density at radius 2 is 1.93 bits per heavy atom. The van der Waals surface area contributed by atoms with Crippen molar-refractivity contribution in [2.75, 3.05) is 29.9 Å². The molecule has 1 fully saturated rings. The van der Waals surface area contributed by atoms with Crippen LogP contribution in [0, 0.1) is 11.7 Å². The summed E-state index contributed by atoms with van der Waals surface area (Å²) in [5, 5.41) is 3.19. The molecule has 7 heteroatoms. The number of para-hydroxylation sites is 2. The highest BCUT2D eigenvalue weighted by atomic mass is 35.5. The fourth-order valence-electron chi connectivity index (χ4n) is 3.88. The number of carbonyl (C=O) groups is 2. The van der Waals surface area contributed by atoms with E-state index < -0.39 is 0 Å². The summed E-state index contributed by atoms with van der Waals surface area (Å²) in [5.41, 5.74) is 2.02. The summed E-state index contributed by atoms with van der Waals surface area (Å²) in [4.78, 5) is 28.8. The van der Waals surface area contributed by atoms with Gasteiger partial charge in [-0.1, -0.05) is 29.8 Å². The van der Waals surface area contributed by atoms with Crippen LogP contribution in [0.5, 0.6) is 0 Å². The van der Waals surface area contributed by atoms with Gasteiger partial charge in [0.15, 0.2) is 0 Å².